The summed E-state index contributed by atoms with van der Waals surface area (Å²) >= 11 is 0. The highest BCUT2D eigenvalue weighted by Crippen LogP contribution is 2.48. The summed E-state index contributed by atoms with van der Waals surface area (Å²) in [5.74, 6) is 0. The molecule has 1 unspecified atom stereocenters. The number of benzene rings is 2. The Bertz CT molecular complexity index is 756. The molecular weight excluding hydrogens is 294 g/mol. The molecule has 0 bridgehead atoms. The first-order valence-corrected chi connectivity index (χ1v) is 9.18. The Balaban J connectivity index is 2.17. The Kier molecular flexibility index (Phi) is 4.06. The van der Waals surface area contributed by atoms with E-state index in [9.17, 15) is 8.42 Å². The molecule has 1 aliphatic carbocycles. The largest absolute Gasteiger partial charge is 0.330 e. The van der Waals surface area contributed by atoms with E-state index in [2.05, 4.69) is 0 Å². The average Bonchev–Trinajstić information content (AvgIpc) is 2.94. The van der Waals surface area contributed by atoms with Crippen LogP contribution in [0.2, 0.25) is 0 Å². The molecule has 3 nitrogen and oxygen atoms in total. The molecular formula is C18H21NO2S. The molecule has 0 saturated heterocycles. The van der Waals surface area contributed by atoms with Gasteiger partial charge in [-0.2, -0.15) is 0 Å². The van der Waals surface area contributed by atoms with Gasteiger partial charge in [-0.1, -0.05) is 42.5 Å². The summed E-state index contributed by atoms with van der Waals surface area (Å²) in [7, 11) is -3.44. The standard InChI is InChI=1S/C18H21NO2S/c19-14-6-12-18(13-11-15-7-4-5-10-17(15)18)22(20,21)16-8-2-1-3-9-16/h1-5,7-10H,6,11-14,19H2. The normalized spacial score (nSPS) is 20.8. The topological polar surface area (TPSA) is 60.2 Å². The fourth-order valence-corrected chi connectivity index (χ4v) is 5.78. The summed E-state index contributed by atoms with van der Waals surface area (Å²) in [6.45, 7) is 0.508. The van der Waals surface area contributed by atoms with E-state index in [1.807, 2.05) is 30.3 Å². The van der Waals surface area contributed by atoms with Gasteiger partial charge in [0, 0.05) is 0 Å². The van der Waals surface area contributed by atoms with Gasteiger partial charge in [0.25, 0.3) is 0 Å². The maximum atomic E-state index is 13.4. The summed E-state index contributed by atoms with van der Waals surface area (Å²) in [4.78, 5) is 0.406. The first-order valence-electron chi connectivity index (χ1n) is 7.70. The van der Waals surface area contributed by atoms with Gasteiger partial charge in [-0.25, -0.2) is 8.42 Å². The fraction of sp³-hybridized carbons (Fsp3) is 0.333. The summed E-state index contributed by atoms with van der Waals surface area (Å²) in [5.41, 5.74) is 7.79. The SMILES string of the molecule is NCCCC1(S(=O)(=O)c2ccccc2)CCc2ccccc21. The lowest BCUT2D eigenvalue weighted by molar-refractivity contribution is 0.477. The Labute approximate surface area is 132 Å². The highest BCUT2D eigenvalue weighted by Gasteiger charge is 2.49. The molecule has 0 amide bonds. The quantitative estimate of drug-likeness (QED) is 0.922. The van der Waals surface area contributed by atoms with Gasteiger partial charge in [0.1, 0.15) is 4.75 Å². The van der Waals surface area contributed by atoms with Crippen LogP contribution in [0.3, 0.4) is 0 Å². The molecule has 0 spiro atoms. The van der Waals surface area contributed by atoms with Gasteiger partial charge in [0.15, 0.2) is 9.84 Å². The van der Waals surface area contributed by atoms with Crippen LogP contribution in [0.15, 0.2) is 59.5 Å². The zero-order valence-corrected chi connectivity index (χ0v) is 13.4. The maximum absolute atomic E-state index is 13.4. The molecule has 2 N–H and O–H groups in total. The third kappa shape index (κ3) is 2.27. The summed E-state index contributed by atoms with van der Waals surface area (Å²) in [6, 6.07) is 16.7. The Morgan fingerprint density at radius 3 is 2.41 bits per heavy atom. The van der Waals surface area contributed by atoms with Crippen LogP contribution in [0.5, 0.6) is 0 Å². The minimum absolute atomic E-state index is 0.406. The highest BCUT2D eigenvalue weighted by atomic mass is 32.2. The fourth-order valence-electron chi connectivity index (χ4n) is 3.54. The monoisotopic (exact) mass is 315 g/mol. The minimum atomic E-state index is -3.44. The third-order valence-corrected chi connectivity index (χ3v) is 7.21. The minimum Gasteiger partial charge on any atom is -0.330 e. The van der Waals surface area contributed by atoms with Crippen molar-refractivity contribution >= 4 is 9.84 Å². The lowest BCUT2D eigenvalue weighted by Gasteiger charge is -2.30. The maximum Gasteiger partial charge on any atom is 0.188 e. The molecule has 2 aromatic rings. The average molecular weight is 315 g/mol. The van der Waals surface area contributed by atoms with Crippen molar-refractivity contribution in [3.05, 3.63) is 65.7 Å². The molecule has 0 fully saturated rings. The van der Waals surface area contributed by atoms with Crippen LogP contribution >= 0.6 is 0 Å². The molecule has 0 saturated carbocycles. The number of rotatable bonds is 5. The molecule has 0 radical (unpaired) electrons. The smallest absolute Gasteiger partial charge is 0.188 e. The van der Waals surface area contributed by atoms with Crippen LogP contribution in [0.25, 0.3) is 0 Å². The third-order valence-electron chi connectivity index (χ3n) is 4.66. The zero-order valence-electron chi connectivity index (χ0n) is 12.5. The van der Waals surface area contributed by atoms with Crippen molar-refractivity contribution in [1.29, 1.82) is 0 Å². The van der Waals surface area contributed by atoms with Crippen LogP contribution in [-0.2, 0) is 21.0 Å². The molecule has 4 heteroatoms. The number of aryl methyl sites for hydroxylation is 1. The molecule has 0 aliphatic heterocycles. The van der Waals surface area contributed by atoms with E-state index >= 15 is 0 Å². The first kappa shape index (κ1) is 15.3. The molecule has 3 rings (SSSR count). The second-order valence-electron chi connectivity index (χ2n) is 5.86. The van der Waals surface area contributed by atoms with Crippen LogP contribution < -0.4 is 5.73 Å². The van der Waals surface area contributed by atoms with Crippen molar-refractivity contribution in [1.82, 2.24) is 0 Å². The van der Waals surface area contributed by atoms with Crippen molar-refractivity contribution in [2.45, 2.75) is 35.3 Å². The lowest BCUT2D eigenvalue weighted by Crippen LogP contribution is -2.34. The molecule has 1 atom stereocenters. The van der Waals surface area contributed by atoms with Gasteiger partial charge in [0.05, 0.1) is 4.90 Å². The van der Waals surface area contributed by atoms with Crippen molar-refractivity contribution in [3.63, 3.8) is 0 Å². The molecule has 22 heavy (non-hydrogen) atoms. The van der Waals surface area contributed by atoms with Crippen molar-refractivity contribution in [3.8, 4) is 0 Å². The van der Waals surface area contributed by atoms with Gasteiger partial charge in [-0.15, -0.1) is 0 Å². The van der Waals surface area contributed by atoms with Gasteiger partial charge < -0.3 is 5.73 Å². The van der Waals surface area contributed by atoms with Crippen molar-refractivity contribution in [2.24, 2.45) is 5.73 Å². The van der Waals surface area contributed by atoms with Crippen LogP contribution in [0.1, 0.15) is 30.4 Å². The molecule has 1 aliphatic rings. The molecule has 0 aromatic heterocycles. The number of fused-ring (bicyclic) bond motifs is 1. The Morgan fingerprint density at radius 2 is 1.68 bits per heavy atom. The lowest BCUT2D eigenvalue weighted by atomic mass is 9.95. The molecule has 116 valence electrons. The number of sulfone groups is 1. The van der Waals surface area contributed by atoms with Crippen molar-refractivity contribution in [2.75, 3.05) is 6.54 Å². The Hall–Kier alpha value is -1.65. The number of nitrogens with two attached hydrogens (primary N) is 1. The van der Waals surface area contributed by atoms with E-state index in [0.29, 0.717) is 30.7 Å². The number of hydrogen-bond donors (Lipinski definition) is 1. The van der Waals surface area contributed by atoms with E-state index in [4.69, 9.17) is 5.73 Å². The predicted octanol–water partition coefficient (Wildman–Crippen LogP) is 3.04. The zero-order chi connectivity index (χ0) is 15.6. The van der Waals surface area contributed by atoms with E-state index < -0.39 is 14.6 Å². The second kappa shape index (κ2) is 5.86. The highest BCUT2D eigenvalue weighted by molar-refractivity contribution is 7.92. The van der Waals surface area contributed by atoms with E-state index in [1.54, 1.807) is 24.3 Å². The van der Waals surface area contributed by atoms with Crippen LogP contribution in [0.4, 0.5) is 0 Å². The second-order valence-corrected chi connectivity index (χ2v) is 8.12. The van der Waals surface area contributed by atoms with Gasteiger partial charge in [-0.05, 0) is 55.5 Å². The van der Waals surface area contributed by atoms with E-state index in [0.717, 1.165) is 17.5 Å². The Morgan fingerprint density at radius 1 is 1.00 bits per heavy atom. The molecule has 0 heterocycles. The van der Waals surface area contributed by atoms with Gasteiger partial charge in [-0.3, -0.25) is 0 Å². The molecule has 2 aromatic carbocycles. The number of hydrogen-bond acceptors (Lipinski definition) is 3. The first-order chi connectivity index (χ1) is 10.6. The van der Waals surface area contributed by atoms with Crippen molar-refractivity contribution < 1.29 is 8.42 Å². The van der Waals surface area contributed by atoms with Crippen LogP contribution in [0, 0.1) is 0 Å². The predicted molar refractivity (Wildman–Crippen MR) is 88.4 cm³/mol. The summed E-state index contributed by atoms with van der Waals surface area (Å²) in [6.07, 6.45) is 2.74. The van der Waals surface area contributed by atoms with Gasteiger partial charge in [0.2, 0.25) is 0 Å². The summed E-state index contributed by atoms with van der Waals surface area (Å²) in [5, 5.41) is 0. The van der Waals surface area contributed by atoms with E-state index in [-0.39, 0.29) is 0 Å². The summed E-state index contributed by atoms with van der Waals surface area (Å²) < 4.78 is 25.9. The van der Waals surface area contributed by atoms with E-state index in [1.165, 1.54) is 0 Å². The van der Waals surface area contributed by atoms with Gasteiger partial charge >= 0.3 is 0 Å². The van der Waals surface area contributed by atoms with Crippen LogP contribution in [-0.4, -0.2) is 15.0 Å².